The van der Waals surface area contributed by atoms with Crippen LogP contribution in [0, 0.1) is 11.7 Å². The van der Waals surface area contributed by atoms with Crippen LogP contribution in [0.3, 0.4) is 0 Å². The number of halogens is 1. The lowest BCUT2D eigenvalue weighted by Gasteiger charge is -2.30. The first kappa shape index (κ1) is 12.8. The SMILES string of the molecule is CN(c1ccc(F)cc1C(N)=O)C(CN)C1CC1. The van der Waals surface area contributed by atoms with E-state index >= 15 is 0 Å². The Morgan fingerprint density at radius 3 is 2.72 bits per heavy atom. The van der Waals surface area contributed by atoms with Crippen LogP contribution in [0.2, 0.25) is 0 Å². The van der Waals surface area contributed by atoms with Crippen molar-refractivity contribution < 1.29 is 9.18 Å². The molecule has 1 aromatic rings. The molecule has 1 atom stereocenters. The Morgan fingerprint density at radius 2 is 2.22 bits per heavy atom. The third-order valence-corrected chi connectivity index (χ3v) is 3.51. The summed E-state index contributed by atoms with van der Waals surface area (Å²) in [7, 11) is 1.87. The van der Waals surface area contributed by atoms with Crippen molar-refractivity contribution in [3.63, 3.8) is 0 Å². The van der Waals surface area contributed by atoms with E-state index in [-0.39, 0.29) is 11.6 Å². The Labute approximate surface area is 106 Å². The summed E-state index contributed by atoms with van der Waals surface area (Å²) in [6, 6.07) is 4.27. The quantitative estimate of drug-likeness (QED) is 0.823. The molecule has 1 aliphatic carbocycles. The summed E-state index contributed by atoms with van der Waals surface area (Å²) in [6.07, 6.45) is 2.30. The molecule has 4 N–H and O–H groups in total. The number of benzene rings is 1. The first-order chi connectivity index (χ1) is 8.54. The average molecular weight is 251 g/mol. The number of anilines is 1. The van der Waals surface area contributed by atoms with Gasteiger partial charge in [-0.2, -0.15) is 0 Å². The van der Waals surface area contributed by atoms with E-state index < -0.39 is 11.7 Å². The van der Waals surface area contributed by atoms with E-state index in [0.717, 1.165) is 12.8 Å². The summed E-state index contributed by atoms with van der Waals surface area (Å²) in [5.41, 5.74) is 11.9. The summed E-state index contributed by atoms with van der Waals surface area (Å²) >= 11 is 0. The van der Waals surface area contributed by atoms with Crippen molar-refractivity contribution in [1.82, 2.24) is 0 Å². The fourth-order valence-corrected chi connectivity index (χ4v) is 2.34. The van der Waals surface area contributed by atoms with Crippen molar-refractivity contribution in [2.24, 2.45) is 17.4 Å². The van der Waals surface area contributed by atoms with Gasteiger partial charge in [0.2, 0.25) is 0 Å². The van der Waals surface area contributed by atoms with E-state index in [1.807, 2.05) is 11.9 Å². The number of hydrogen-bond acceptors (Lipinski definition) is 3. The van der Waals surface area contributed by atoms with Gasteiger partial charge in [-0.15, -0.1) is 0 Å². The summed E-state index contributed by atoms with van der Waals surface area (Å²) in [4.78, 5) is 13.3. The van der Waals surface area contributed by atoms with Crippen molar-refractivity contribution in [3.05, 3.63) is 29.6 Å². The van der Waals surface area contributed by atoms with Gasteiger partial charge >= 0.3 is 0 Å². The largest absolute Gasteiger partial charge is 0.369 e. The van der Waals surface area contributed by atoms with Crippen LogP contribution in [0.5, 0.6) is 0 Å². The van der Waals surface area contributed by atoms with Gasteiger partial charge in [0.05, 0.1) is 5.56 Å². The highest BCUT2D eigenvalue weighted by Gasteiger charge is 2.34. The van der Waals surface area contributed by atoms with Crippen LogP contribution < -0.4 is 16.4 Å². The third kappa shape index (κ3) is 2.46. The summed E-state index contributed by atoms with van der Waals surface area (Å²) < 4.78 is 13.2. The highest BCUT2D eigenvalue weighted by atomic mass is 19.1. The molecule has 1 saturated carbocycles. The molecular weight excluding hydrogens is 233 g/mol. The molecule has 2 rings (SSSR count). The maximum Gasteiger partial charge on any atom is 0.250 e. The molecule has 98 valence electrons. The number of nitrogens with two attached hydrogens (primary N) is 2. The Morgan fingerprint density at radius 1 is 1.56 bits per heavy atom. The topological polar surface area (TPSA) is 72.3 Å². The van der Waals surface area contributed by atoms with E-state index in [0.29, 0.717) is 18.2 Å². The van der Waals surface area contributed by atoms with Gasteiger partial charge in [0.25, 0.3) is 5.91 Å². The lowest BCUT2D eigenvalue weighted by atomic mass is 10.1. The smallest absolute Gasteiger partial charge is 0.250 e. The molecule has 0 radical (unpaired) electrons. The third-order valence-electron chi connectivity index (χ3n) is 3.51. The molecular formula is C13H18FN3O. The number of carbonyl (C=O) groups is 1. The summed E-state index contributed by atoms with van der Waals surface area (Å²) in [5, 5.41) is 0. The van der Waals surface area contributed by atoms with E-state index in [1.54, 1.807) is 6.07 Å². The van der Waals surface area contributed by atoms with Crippen LogP contribution in [0.1, 0.15) is 23.2 Å². The zero-order valence-electron chi connectivity index (χ0n) is 10.4. The second kappa shape index (κ2) is 4.94. The maximum atomic E-state index is 13.2. The fourth-order valence-electron chi connectivity index (χ4n) is 2.34. The minimum Gasteiger partial charge on any atom is -0.369 e. The molecule has 0 heterocycles. The summed E-state index contributed by atoms with van der Waals surface area (Å²) in [6.45, 7) is 0.511. The molecule has 18 heavy (non-hydrogen) atoms. The second-order valence-electron chi connectivity index (χ2n) is 4.78. The second-order valence-corrected chi connectivity index (χ2v) is 4.78. The Bertz CT molecular complexity index is 460. The molecule has 5 heteroatoms. The Kier molecular flexibility index (Phi) is 3.52. The molecule has 1 amide bonds. The first-order valence-corrected chi connectivity index (χ1v) is 6.07. The molecule has 0 aliphatic heterocycles. The van der Waals surface area contributed by atoms with Crippen LogP contribution in [0.15, 0.2) is 18.2 Å². The lowest BCUT2D eigenvalue weighted by molar-refractivity contribution is 0.1000. The van der Waals surface area contributed by atoms with E-state index in [1.165, 1.54) is 12.1 Å². The molecule has 0 saturated heterocycles. The van der Waals surface area contributed by atoms with Gasteiger partial charge < -0.3 is 16.4 Å². The van der Waals surface area contributed by atoms with Crippen molar-refractivity contribution in [1.29, 1.82) is 0 Å². The lowest BCUT2D eigenvalue weighted by Crippen LogP contribution is -2.40. The minimum atomic E-state index is -0.622. The zero-order chi connectivity index (χ0) is 13.3. The van der Waals surface area contributed by atoms with Gasteiger partial charge in [0.15, 0.2) is 0 Å². The Hall–Kier alpha value is -1.62. The van der Waals surface area contributed by atoms with E-state index in [2.05, 4.69) is 0 Å². The van der Waals surface area contributed by atoms with Gasteiger partial charge in [-0.25, -0.2) is 4.39 Å². The number of amides is 1. The highest BCUT2D eigenvalue weighted by Crippen LogP contribution is 2.36. The normalized spacial score (nSPS) is 16.4. The van der Waals surface area contributed by atoms with Gasteiger partial charge in [0, 0.05) is 25.3 Å². The minimum absolute atomic E-state index is 0.175. The molecule has 0 bridgehead atoms. The molecule has 1 aliphatic rings. The predicted octanol–water partition coefficient (Wildman–Crippen LogP) is 1.10. The monoisotopic (exact) mass is 251 g/mol. The molecule has 1 unspecified atom stereocenters. The summed E-state index contributed by atoms with van der Waals surface area (Å²) in [5.74, 6) is -0.523. The van der Waals surface area contributed by atoms with Gasteiger partial charge in [-0.1, -0.05) is 0 Å². The number of hydrogen-bond donors (Lipinski definition) is 2. The average Bonchev–Trinajstić information content (AvgIpc) is 3.14. The van der Waals surface area contributed by atoms with Crippen LogP contribution in [-0.2, 0) is 0 Å². The molecule has 1 aromatic carbocycles. The van der Waals surface area contributed by atoms with Gasteiger partial charge in [-0.3, -0.25) is 4.79 Å². The van der Waals surface area contributed by atoms with Gasteiger partial charge in [-0.05, 0) is 37.0 Å². The Balaban J connectivity index is 2.33. The number of carbonyl (C=O) groups excluding carboxylic acids is 1. The number of nitrogens with zero attached hydrogens (tertiary/aromatic N) is 1. The van der Waals surface area contributed by atoms with E-state index in [4.69, 9.17) is 11.5 Å². The highest BCUT2D eigenvalue weighted by molar-refractivity contribution is 5.98. The van der Waals surface area contributed by atoms with Crippen LogP contribution in [0.4, 0.5) is 10.1 Å². The number of primary amides is 1. The van der Waals surface area contributed by atoms with Crippen LogP contribution in [-0.4, -0.2) is 25.5 Å². The zero-order valence-corrected chi connectivity index (χ0v) is 10.4. The number of rotatable bonds is 5. The maximum absolute atomic E-state index is 13.2. The van der Waals surface area contributed by atoms with Crippen LogP contribution in [0.25, 0.3) is 0 Å². The van der Waals surface area contributed by atoms with E-state index in [9.17, 15) is 9.18 Å². The first-order valence-electron chi connectivity index (χ1n) is 6.07. The predicted molar refractivity (Wildman–Crippen MR) is 68.9 cm³/mol. The molecule has 0 aromatic heterocycles. The molecule has 1 fully saturated rings. The molecule has 4 nitrogen and oxygen atoms in total. The van der Waals surface area contributed by atoms with Crippen molar-refractivity contribution >= 4 is 11.6 Å². The fraction of sp³-hybridized carbons (Fsp3) is 0.462. The van der Waals surface area contributed by atoms with Gasteiger partial charge in [0.1, 0.15) is 5.82 Å². The van der Waals surface area contributed by atoms with Crippen molar-refractivity contribution in [2.75, 3.05) is 18.5 Å². The van der Waals surface area contributed by atoms with Crippen molar-refractivity contribution in [2.45, 2.75) is 18.9 Å². The molecule has 0 spiro atoms. The van der Waals surface area contributed by atoms with Crippen LogP contribution >= 0.6 is 0 Å². The number of likely N-dealkylation sites (N-methyl/N-ethyl adjacent to an activating group) is 1. The standard InChI is InChI=1S/C13H18FN3O/c1-17(12(7-15)8-2-3-8)11-5-4-9(14)6-10(11)13(16)18/h4-6,8,12H,2-3,7,15H2,1H3,(H2,16,18). The van der Waals surface area contributed by atoms with Crippen molar-refractivity contribution in [3.8, 4) is 0 Å².